The summed E-state index contributed by atoms with van der Waals surface area (Å²) in [5.74, 6) is 1.23. The SMILES string of the molecule is Cc1ccc(N)c(Oc2cccc(C(C)(C)C)c2)n1. The second-order valence-corrected chi connectivity index (χ2v) is 5.73. The molecule has 0 unspecified atom stereocenters. The molecule has 0 atom stereocenters. The van der Waals surface area contributed by atoms with Crippen LogP contribution in [0.2, 0.25) is 0 Å². The maximum atomic E-state index is 5.87. The van der Waals surface area contributed by atoms with Crippen molar-refractivity contribution in [3.63, 3.8) is 0 Å². The number of ether oxygens (including phenoxy) is 1. The number of aromatic nitrogens is 1. The Morgan fingerprint density at radius 1 is 1.11 bits per heavy atom. The molecule has 100 valence electrons. The van der Waals surface area contributed by atoms with E-state index in [2.05, 4.69) is 31.8 Å². The van der Waals surface area contributed by atoms with E-state index in [4.69, 9.17) is 10.5 Å². The van der Waals surface area contributed by atoms with Gasteiger partial charge in [0, 0.05) is 5.69 Å². The molecule has 3 heteroatoms. The zero-order valence-corrected chi connectivity index (χ0v) is 11.9. The molecule has 0 aliphatic heterocycles. The van der Waals surface area contributed by atoms with Gasteiger partial charge in [-0.2, -0.15) is 0 Å². The summed E-state index contributed by atoms with van der Waals surface area (Å²) in [6.07, 6.45) is 0. The molecular formula is C16H20N2O. The second-order valence-electron chi connectivity index (χ2n) is 5.73. The molecule has 1 aromatic carbocycles. The van der Waals surface area contributed by atoms with Crippen molar-refractivity contribution in [1.82, 2.24) is 4.98 Å². The predicted molar refractivity (Wildman–Crippen MR) is 78.6 cm³/mol. The third-order valence-electron chi connectivity index (χ3n) is 2.94. The predicted octanol–water partition coefficient (Wildman–Crippen LogP) is 4.06. The summed E-state index contributed by atoms with van der Waals surface area (Å²) in [6.45, 7) is 8.43. The minimum absolute atomic E-state index is 0.0882. The van der Waals surface area contributed by atoms with Gasteiger partial charge in [-0.25, -0.2) is 4.98 Å². The number of aryl methyl sites for hydroxylation is 1. The molecule has 0 amide bonds. The molecule has 0 saturated heterocycles. The molecule has 0 spiro atoms. The smallest absolute Gasteiger partial charge is 0.242 e. The fourth-order valence-corrected chi connectivity index (χ4v) is 1.76. The van der Waals surface area contributed by atoms with Crippen LogP contribution in [0.1, 0.15) is 32.0 Å². The number of hydrogen-bond acceptors (Lipinski definition) is 3. The van der Waals surface area contributed by atoms with Crippen molar-refractivity contribution in [3.05, 3.63) is 47.7 Å². The zero-order valence-electron chi connectivity index (χ0n) is 11.9. The average molecular weight is 256 g/mol. The van der Waals surface area contributed by atoms with Gasteiger partial charge in [0.1, 0.15) is 5.75 Å². The highest BCUT2D eigenvalue weighted by Gasteiger charge is 2.14. The van der Waals surface area contributed by atoms with Crippen molar-refractivity contribution in [2.24, 2.45) is 0 Å². The molecule has 0 bridgehead atoms. The fraction of sp³-hybridized carbons (Fsp3) is 0.312. The molecule has 0 aliphatic rings. The Morgan fingerprint density at radius 3 is 2.53 bits per heavy atom. The summed E-state index contributed by atoms with van der Waals surface area (Å²) in [4.78, 5) is 4.31. The summed E-state index contributed by atoms with van der Waals surface area (Å²) in [6, 6.07) is 11.7. The molecular weight excluding hydrogens is 236 g/mol. The molecule has 2 N–H and O–H groups in total. The largest absolute Gasteiger partial charge is 0.437 e. The molecule has 1 heterocycles. The van der Waals surface area contributed by atoms with Gasteiger partial charge in [-0.3, -0.25) is 0 Å². The number of anilines is 1. The Bertz CT molecular complexity index is 586. The second kappa shape index (κ2) is 4.92. The highest BCUT2D eigenvalue weighted by molar-refractivity contribution is 5.50. The molecule has 2 aromatic rings. The van der Waals surface area contributed by atoms with Gasteiger partial charge in [0.25, 0.3) is 0 Å². The monoisotopic (exact) mass is 256 g/mol. The van der Waals surface area contributed by atoms with E-state index in [9.17, 15) is 0 Å². The lowest BCUT2D eigenvalue weighted by Crippen LogP contribution is -2.10. The Hall–Kier alpha value is -2.03. The summed E-state index contributed by atoms with van der Waals surface area (Å²) < 4.78 is 5.79. The van der Waals surface area contributed by atoms with Crippen LogP contribution in [0, 0.1) is 6.92 Å². The summed E-state index contributed by atoms with van der Waals surface area (Å²) in [5.41, 5.74) is 8.61. The van der Waals surface area contributed by atoms with E-state index < -0.39 is 0 Å². The highest BCUT2D eigenvalue weighted by Crippen LogP contribution is 2.29. The average Bonchev–Trinajstić information content (AvgIpc) is 2.33. The Labute approximate surface area is 114 Å². The van der Waals surface area contributed by atoms with Crippen LogP contribution in [0.4, 0.5) is 5.69 Å². The maximum Gasteiger partial charge on any atom is 0.242 e. The topological polar surface area (TPSA) is 48.1 Å². The van der Waals surface area contributed by atoms with Gasteiger partial charge in [-0.1, -0.05) is 32.9 Å². The van der Waals surface area contributed by atoms with E-state index in [0.717, 1.165) is 11.4 Å². The summed E-state index contributed by atoms with van der Waals surface area (Å²) >= 11 is 0. The molecule has 0 saturated carbocycles. The van der Waals surface area contributed by atoms with Crippen LogP contribution in [-0.2, 0) is 5.41 Å². The van der Waals surface area contributed by atoms with Crippen molar-refractivity contribution in [1.29, 1.82) is 0 Å². The molecule has 3 nitrogen and oxygen atoms in total. The number of pyridine rings is 1. The lowest BCUT2D eigenvalue weighted by molar-refractivity contribution is 0.461. The number of nitrogens with two attached hydrogens (primary N) is 1. The highest BCUT2D eigenvalue weighted by atomic mass is 16.5. The van der Waals surface area contributed by atoms with Gasteiger partial charge in [-0.15, -0.1) is 0 Å². The fourth-order valence-electron chi connectivity index (χ4n) is 1.76. The molecule has 19 heavy (non-hydrogen) atoms. The maximum absolute atomic E-state index is 5.87. The van der Waals surface area contributed by atoms with Crippen LogP contribution in [0.15, 0.2) is 36.4 Å². The minimum Gasteiger partial charge on any atom is -0.437 e. The van der Waals surface area contributed by atoms with E-state index in [1.165, 1.54) is 5.56 Å². The third kappa shape index (κ3) is 3.25. The number of nitrogen functional groups attached to an aromatic ring is 1. The third-order valence-corrected chi connectivity index (χ3v) is 2.94. The van der Waals surface area contributed by atoms with Gasteiger partial charge in [-0.05, 0) is 42.2 Å². The lowest BCUT2D eigenvalue weighted by atomic mass is 9.87. The standard InChI is InChI=1S/C16H20N2O/c1-11-8-9-14(17)15(18-11)19-13-7-5-6-12(10-13)16(2,3)4/h5-10H,17H2,1-4H3. The van der Waals surface area contributed by atoms with Gasteiger partial charge >= 0.3 is 0 Å². The van der Waals surface area contributed by atoms with E-state index in [1.54, 1.807) is 0 Å². The van der Waals surface area contributed by atoms with Gasteiger partial charge < -0.3 is 10.5 Å². The van der Waals surface area contributed by atoms with Crippen LogP contribution in [0.25, 0.3) is 0 Å². The first-order valence-electron chi connectivity index (χ1n) is 6.38. The first kappa shape index (κ1) is 13.4. The molecule has 0 aliphatic carbocycles. The van der Waals surface area contributed by atoms with Crippen molar-refractivity contribution < 1.29 is 4.74 Å². The van der Waals surface area contributed by atoms with E-state index in [0.29, 0.717) is 11.6 Å². The molecule has 2 rings (SSSR count). The minimum atomic E-state index is 0.0882. The molecule has 0 radical (unpaired) electrons. The van der Waals surface area contributed by atoms with Gasteiger partial charge in [0.2, 0.25) is 5.88 Å². The first-order valence-corrected chi connectivity index (χ1v) is 6.38. The zero-order chi connectivity index (χ0) is 14.0. The summed E-state index contributed by atoms with van der Waals surface area (Å²) in [7, 11) is 0. The van der Waals surface area contributed by atoms with E-state index in [1.807, 2.05) is 37.3 Å². The van der Waals surface area contributed by atoms with Gasteiger partial charge in [0.05, 0.1) is 5.69 Å². The van der Waals surface area contributed by atoms with E-state index in [-0.39, 0.29) is 5.41 Å². The number of hydrogen-bond donors (Lipinski definition) is 1. The first-order chi connectivity index (χ1) is 8.86. The Balaban J connectivity index is 2.31. The number of benzene rings is 1. The van der Waals surface area contributed by atoms with Crippen LogP contribution in [0.3, 0.4) is 0 Å². The normalized spacial score (nSPS) is 11.4. The van der Waals surface area contributed by atoms with Crippen molar-refractivity contribution >= 4 is 5.69 Å². The Morgan fingerprint density at radius 2 is 1.84 bits per heavy atom. The quantitative estimate of drug-likeness (QED) is 0.881. The van der Waals surface area contributed by atoms with Crippen LogP contribution < -0.4 is 10.5 Å². The van der Waals surface area contributed by atoms with Crippen molar-refractivity contribution in [2.75, 3.05) is 5.73 Å². The number of nitrogens with zero attached hydrogens (tertiary/aromatic N) is 1. The van der Waals surface area contributed by atoms with Crippen LogP contribution in [-0.4, -0.2) is 4.98 Å². The van der Waals surface area contributed by atoms with Gasteiger partial charge in [0.15, 0.2) is 0 Å². The lowest BCUT2D eigenvalue weighted by Gasteiger charge is -2.19. The molecule has 0 fully saturated rings. The van der Waals surface area contributed by atoms with Crippen molar-refractivity contribution in [3.8, 4) is 11.6 Å². The van der Waals surface area contributed by atoms with Crippen LogP contribution in [0.5, 0.6) is 11.6 Å². The van der Waals surface area contributed by atoms with Crippen LogP contribution >= 0.6 is 0 Å². The number of rotatable bonds is 2. The van der Waals surface area contributed by atoms with Crippen molar-refractivity contribution in [2.45, 2.75) is 33.1 Å². The molecule has 1 aromatic heterocycles. The Kier molecular flexibility index (Phi) is 3.47. The summed E-state index contributed by atoms with van der Waals surface area (Å²) in [5, 5.41) is 0. The van der Waals surface area contributed by atoms with E-state index >= 15 is 0 Å².